The van der Waals surface area contributed by atoms with Gasteiger partial charge in [-0.1, -0.05) is 17.7 Å². The Morgan fingerprint density at radius 1 is 1.57 bits per heavy atom. The van der Waals surface area contributed by atoms with E-state index in [1.807, 2.05) is 12.1 Å². The molecular formula is C11H12ClNO. The predicted octanol–water partition coefficient (Wildman–Crippen LogP) is 2.61. The second-order valence-corrected chi connectivity index (χ2v) is 4.25. The highest BCUT2D eigenvalue weighted by molar-refractivity contribution is 6.31. The van der Waals surface area contributed by atoms with Crippen LogP contribution in [0.5, 0.6) is 0 Å². The maximum absolute atomic E-state index is 11.1. The molecule has 1 fully saturated rings. The Morgan fingerprint density at radius 3 is 2.79 bits per heavy atom. The number of rotatable bonds is 2. The summed E-state index contributed by atoms with van der Waals surface area (Å²) in [5.41, 5.74) is 7.31. The van der Waals surface area contributed by atoms with E-state index in [0.29, 0.717) is 16.6 Å². The number of nitrogen functional groups attached to an aromatic ring is 1. The fourth-order valence-corrected chi connectivity index (χ4v) is 2.16. The molecule has 3 heteroatoms. The van der Waals surface area contributed by atoms with E-state index in [1.165, 1.54) is 0 Å². The topological polar surface area (TPSA) is 43.1 Å². The van der Waals surface area contributed by atoms with Gasteiger partial charge in [0.2, 0.25) is 0 Å². The van der Waals surface area contributed by atoms with Crippen LogP contribution in [0.1, 0.15) is 24.8 Å². The first-order valence-corrected chi connectivity index (χ1v) is 5.02. The summed E-state index contributed by atoms with van der Waals surface area (Å²) in [6, 6.07) is 5.49. The van der Waals surface area contributed by atoms with Crippen molar-refractivity contribution < 1.29 is 4.79 Å². The number of carbonyl (C=O) groups excluding carboxylic acids is 1. The number of Topliss-reactive ketones (excluding diaryl/α,β-unsaturated/α-hetero) is 1. The molecule has 1 aromatic rings. The zero-order valence-electron chi connectivity index (χ0n) is 7.96. The van der Waals surface area contributed by atoms with Gasteiger partial charge in [-0.3, -0.25) is 4.79 Å². The van der Waals surface area contributed by atoms with Crippen molar-refractivity contribution in [2.45, 2.75) is 19.3 Å². The fourth-order valence-electron chi connectivity index (χ4n) is 1.83. The molecule has 2 nitrogen and oxygen atoms in total. The normalized spacial score (nSPS) is 24.7. The quantitative estimate of drug-likeness (QED) is 0.761. The number of carbonyl (C=O) groups is 1. The van der Waals surface area contributed by atoms with Gasteiger partial charge >= 0.3 is 0 Å². The fraction of sp³-hybridized carbons (Fsp3) is 0.364. The largest absolute Gasteiger partial charge is 0.399 e. The van der Waals surface area contributed by atoms with Gasteiger partial charge in [0.25, 0.3) is 0 Å². The third-order valence-corrected chi connectivity index (χ3v) is 3.06. The number of anilines is 1. The Hall–Kier alpha value is -1.02. The van der Waals surface area contributed by atoms with Crippen molar-refractivity contribution in [3.8, 4) is 0 Å². The Morgan fingerprint density at radius 2 is 2.29 bits per heavy atom. The second-order valence-electron chi connectivity index (χ2n) is 3.84. The van der Waals surface area contributed by atoms with Gasteiger partial charge in [-0.2, -0.15) is 0 Å². The monoisotopic (exact) mass is 209 g/mol. The van der Waals surface area contributed by atoms with Crippen LogP contribution >= 0.6 is 11.6 Å². The van der Waals surface area contributed by atoms with E-state index in [2.05, 4.69) is 0 Å². The van der Waals surface area contributed by atoms with Gasteiger partial charge in [0.05, 0.1) is 0 Å². The molecule has 0 saturated heterocycles. The average Bonchev–Trinajstić information content (AvgIpc) is 2.83. The highest BCUT2D eigenvalue weighted by Crippen LogP contribution is 2.50. The molecule has 0 radical (unpaired) electrons. The first kappa shape index (κ1) is 9.53. The molecule has 0 amide bonds. The van der Waals surface area contributed by atoms with Crippen molar-refractivity contribution in [3.63, 3.8) is 0 Å². The van der Waals surface area contributed by atoms with Crippen LogP contribution < -0.4 is 5.73 Å². The van der Waals surface area contributed by atoms with Crippen LogP contribution in [0.2, 0.25) is 5.02 Å². The van der Waals surface area contributed by atoms with E-state index < -0.39 is 0 Å². The van der Waals surface area contributed by atoms with Crippen LogP contribution in [-0.4, -0.2) is 5.78 Å². The SMILES string of the molecule is CC(=O)C1CC1c1ccc(N)cc1Cl. The molecule has 2 atom stereocenters. The van der Waals surface area contributed by atoms with Crippen LogP contribution in [0, 0.1) is 5.92 Å². The van der Waals surface area contributed by atoms with E-state index in [0.717, 1.165) is 12.0 Å². The molecule has 0 bridgehead atoms. The molecule has 0 aromatic heterocycles. The number of benzene rings is 1. The third kappa shape index (κ3) is 1.62. The van der Waals surface area contributed by atoms with Crippen molar-refractivity contribution in [1.29, 1.82) is 0 Å². The van der Waals surface area contributed by atoms with Crippen LogP contribution in [0.3, 0.4) is 0 Å². The minimum atomic E-state index is 0.177. The van der Waals surface area contributed by atoms with Crippen LogP contribution in [0.25, 0.3) is 0 Å². The second kappa shape index (κ2) is 3.28. The zero-order valence-corrected chi connectivity index (χ0v) is 8.71. The van der Waals surface area contributed by atoms with Gasteiger partial charge in [0.1, 0.15) is 5.78 Å². The molecule has 0 aliphatic heterocycles. The molecule has 0 spiro atoms. The number of hydrogen-bond acceptors (Lipinski definition) is 2. The molecule has 2 N–H and O–H groups in total. The number of nitrogens with two attached hydrogens (primary N) is 1. The lowest BCUT2D eigenvalue weighted by atomic mass is 10.1. The van der Waals surface area contributed by atoms with Crippen molar-refractivity contribution >= 4 is 23.1 Å². The summed E-state index contributed by atoms with van der Waals surface area (Å²) in [5.74, 6) is 0.750. The summed E-state index contributed by atoms with van der Waals surface area (Å²) in [5, 5.41) is 0.679. The minimum Gasteiger partial charge on any atom is -0.399 e. The lowest BCUT2D eigenvalue weighted by Crippen LogP contribution is -1.95. The maximum atomic E-state index is 11.1. The Kier molecular flexibility index (Phi) is 2.23. The first-order chi connectivity index (χ1) is 6.59. The van der Waals surface area contributed by atoms with Crippen molar-refractivity contribution in [2.75, 3.05) is 5.73 Å². The molecule has 1 aromatic carbocycles. The molecule has 14 heavy (non-hydrogen) atoms. The van der Waals surface area contributed by atoms with E-state index in [-0.39, 0.29) is 11.7 Å². The van der Waals surface area contributed by atoms with Crippen molar-refractivity contribution in [2.24, 2.45) is 5.92 Å². The van der Waals surface area contributed by atoms with E-state index in [1.54, 1.807) is 13.0 Å². The Bertz CT molecular complexity index is 389. The highest BCUT2D eigenvalue weighted by Gasteiger charge is 2.42. The van der Waals surface area contributed by atoms with Gasteiger partial charge in [-0.25, -0.2) is 0 Å². The molecule has 2 rings (SSSR count). The molecule has 1 aliphatic rings. The van der Waals surface area contributed by atoms with Crippen LogP contribution in [-0.2, 0) is 4.79 Å². The standard InChI is InChI=1S/C11H12ClNO/c1-6(14)9-5-10(9)8-3-2-7(13)4-11(8)12/h2-4,9-10H,5,13H2,1H3. The summed E-state index contributed by atoms with van der Waals surface area (Å²) in [4.78, 5) is 11.1. The first-order valence-electron chi connectivity index (χ1n) is 4.65. The van der Waals surface area contributed by atoms with Crippen molar-refractivity contribution in [3.05, 3.63) is 28.8 Å². The summed E-state index contributed by atoms with van der Waals surface area (Å²) in [7, 11) is 0. The Balaban J connectivity index is 2.23. The molecule has 0 heterocycles. The van der Waals surface area contributed by atoms with Crippen molar-refractivity contribution in [1.82, 2.24) is 0 Å². The number of ketones is 1. The highest BCUT2D eigenvalue weighted by atomic mass is 35.5. The molecule has 74 valence electrons. The third-order valence-electron chi connectivity index (χ3n) is 2.74. The maximum Gasteiger partial charge on any atom is 0.133 e. The molecule has 2 unspecified atom stereocenters. The lowest BCUT2D eigenvalue weighted by Gasteiger charge is -2.03. The predicted molar refractivity (Wildman–Crippen MR) is 57.4 cm³/mol. The molecule has 1 aliphatic carbocycles. The lowest BCUT2D eigenvalue weighted by molar-refractivity contribution is -0.118. The van der Waals surface area contributed by atoms with Gasteiger partial charge in [0, 0.05) is 16.6 Å². The smallest absolute Gasteiger partial charge is 0.133 e. The van der Waals surface area contributed by atoms with Gasteiger partial charge in [-0.05, 0) is 37.0 Å². The summed E-state index contributed by atoms with van der Waals surface area (Å²) in [6.45, 7) is 1.63. The Labute approximate surface area is 88.1 Å². The summed E-state index contributed by atoms with van der Waals surface area (Å²) in [6.07, 6.45) is 0.930. The zero-order chi connectivity index (χ0) is 10.3. The van der Waals surface area contributed by atoms with Crippen LogP contribution in [0.4, 0.5) is 5.69 Å². The van der Waals surface area contributed by atoms with Gasteiger partial charge in [0.15, 0.2) is 0 Å². The van der Waals surface area contributed by atoms with Gasteiger partial charge < -0.3 is 5.73 Å². The number of halogens is 1. The summed E-state index contributed by atoms with van der Waals surface area (Å²) >= 11 is 6.04. The average molecular weight is 210 g/mol. The summed E-state index contributed by atoms with van der Waals surface area (Å²) < 4.78 is 0. The van der Waals surface area contributed by atoms with E-state index in [4.69, 9.17) is 17.3 Å². The minimum absolute atomic E-state index is 0.177. The number of hydrogen-bond donors (Lipinski definition) is 1. The van der Waals surface area contributed by atoms with Gasteiger partial charge in [-0.15, -0.1) is 0 Å². The molecular weight excluding hydrogens is 198 g/mol. The van der Waals surface area contributed by atoms with E-state index >= 15 is 0 Å². The van der Waals surface area contributed by atoms with Crippen LogP contribution in [0.15, 0.2) is 18.2 Å². The molecule has 1 saturated carbocycles. The van der Waals surface area contributed by atoms with E-state index in [9.17, 15) is 4.79 Å².